The van der Waals surface area contributed by atoms with Crippen LogP contribution in [0.1, 0.15) is 0 Å². The Kier molecular flexibility index (Phi) is 4.88. The number of hydrogen-bond donors (Lipinski definition) is 1. The second kappa shape index (κ2) is 7.25. The molecule has 1 N–H and O–H groups in total. The van der Waals surface area contributed by atoms with E-state index in [4.69, 9.17) is 20.9 Å². The van der Waals surface area contributed by atoms with Crippen LogP contribution in [0.3, 0.4) is 0 Å². The highest BCUT2D eigenvalue weighted by molar-refractivity contribution is 6.33. The summed E-state index contributed by atoms with van der Waals surface area (Å²) in [7, 11) is 1.46. The van der Waals surface area contributed by atoms with E-state index in [2.05, 4.69) is 15.5 Å². The van der Waals surface area contributed by atoms with E-state index >= 15 is 0 Å². The van der Waals surface area contributed by atoms with E-state index in [1.54, 1.807) is 24.3 Å². The number of ether oxygens (including phenoxy) is 1. The van der Waals surface area contributed by atoms with Crippen molar-refractivity contribution in [2.75, 3.05) is 19.0 Å². The van der Waals surface area contributed by atoms with Crippen LogP contribution in [0.4, 0.5) is 5.69 Å². The number of anilines is 1. The maximum absolute atomic E-state index is 11.6. The van der Waals surface area contributed by atoms with Gasteiger partial charge >= 0.3 is 0 Å². The molecular formula is C17H14ClN3O3. The maximum Gasteiger partial charge on any atom is 0.258 e. The van der Waals surface area contributed by atoms with Crippen molar-refractivity contribution in [2.24, 2.45) is 0 Å². The number of methoxy groups -OCH3 is 1. The summed E-state index contributed by atoms with van der Waals surface area (Å²) in [6, 6.07) is 14.4. The van der Waals surface area contributed by atoms with Crippen LogP contribution < -0.4 is 5.32 Å². The number of hydrogen-bond acceptors (Lipinski definition) is 5. The zero-order valence-electron chi connectivity index (χ0n) is 12.8. The lowest BCUT2D eigenvalue weighted by molar-refractivity contribution is -0.119. The number of benzene rings is 2. The van der Waals surface area contributed by atoms with Gasteiger partial charge in [-0.15, -0.1) is 0 Å². The minimum absolute atomic E-state index is 0.0125. The molecule has 7 heteroatoms. The van der Waals surface area contributed by atoms with E-state index in [0.717, 1.165) is 0 Å². The van der Waals surface area contributed by atoms with Crippen molar-refractivity contribution in [1.29, 1.82) is 0 Å². The van der Waals surface area contributed by atoms with Crippen LogP contribution in [0.5, 0.6) is 0 Å². The highest BCUT2D eigenvalue weighted by atomic mass is 35.5. The van der Waals surface area contributed by atoms with Gasteiger partial charge in [-0.3, -0.25) is 4.79 Å². The lowest BCUT2D eigenvalue weighted by Gasteiger charge is -2.05. The van der Waals surface area contributed by atoms with Crippen LogP contribution in [0, 0.1) is 0 Å². The van der Waals surface area contributed by atoms with Gasteiger partial charge < -0.3 is 14.6 Å². The van der Waals surface area contributed by atoms with E-state index in [9.17, 15) is 4.79 Å². The van der Waals surface area contributed by atoms with Gasteiger partial charge in [0.25, 0.3) is 5.89 Å². The van der Waals surface area contributed by atoms with E-state index in [1.165, 1.54) is 7.11 Å². The fourth-order valence-corrected chi connectivity index (χ4v) is 2.37. The average Bonchev–Trinajstić information content (AvgIpc) is 3.05. The van der Waals surface area contributed by atoms with E-state index < -0.39 is 0 Å². The van der Waals surface area contributed by atoms with E-state index in [1.807, 2.05) is 24.3 Å². The summed E-state index contributed by atoms with van der Waals surface area (Å²) in [6.07, 6.45) is 0. The van der Waals surface area contributed by atoms with Crippen molar-refractivity contribution in [2.45, 2.75) is 0 Å². The van der Waals surface area contributed by atoms with Crippen molar-refractivity contribution >= 4 is 23.2 Å². The first kappa shape index (κ1) is 16.2. The number of nitrogens with zero attached hydrogens (tertiary/aromatic N) is 2. The average molecular weight is 344 g/mol. The Morgan fingerprint density at radius 1 is 1.25 bits per heavy atom. The van der Waals surface area contributed by atoms with Gasteiger partial charge in [-0.05, 0) is 30.3 Å². The van der Waals surface area contributed by atoms with Crippen LogP contribution in [-0.4, -0.2) is 29.8 Å². The molecule has 2 aromatic carbocycles. The minimum Gasteiger partial charge on any atom is -0.375 e. The maximum atomic E-state index is 11.6. The summed E-state index contributed by atoms with van der Waals surface area (Å²) in [6.45, 7) is -0.0125. The molecule has 0 spiro atoms. The first-order chi connectivity index (χ1) is 11.7. The largest absolute Gasteiger partial charge is 0.375 e. The topological polar surface area (TPSA) is 77.2 Å². The highest BCUT2D eigenvalue weighted by Crippen LogP contribution is 2.28. The molecule has 0 fully saturated rings. The Morgan fingerprint density at radius 2 is 2.08 bits per heavy atom. The Labute approximate surface area is 143 Å². The SMILES string of the molecule is COCC(=O)Nc1cccc(-c2nc(-c3ccccc3Cl)no2)c1. The lowest BCUT2D eigenvalue weighted by atomic mass is 10.2. The predicted molar refractivity (Wildman–Crippen MR) is 90.7 cm³/mol. The minimum atomic E-state index is -0.239. The van der Waals surface area contributed by atoms with Crippen LogP contribution in [0.15, 0.2) is 53.1 Å². The Balaban J connectivity index is 1.85. The van der Waals surface area contributed by atoms with E-state index in [-0.39, 0.29) is 12.5 Å². The summed E-state index contributed by atoms with van der Waals surface area (Å²) < 4.78 is 10.1. The first-order valence-corrected chi connectivity index (χ1v) is 7.53. The number of carbonyl (C=O) groups is 1. The number of rotatable bonds is 5. The van der Waals surface area contributed by atoms with Crippen molar-refractivity contribution in [3.8, 4) is 22.8 Å². The molecule has 3 rings (SSSR count). The van der Waals surface area contributed by atoms with Crippen molar-refractivity contribution in [3.05, 3.63) is 53.6 Å². The molecular weight excluding hydrogens is 330 g/mol. The third-order valence-electron chi connectivity index (χ3n) is 3.21. The molecule has 122 valence electrons. The van der Waals surface area contributed by atoms with Gasteiger partial charge in [0.05, 0.1) is 5.02 Å². The first-order valence-electron chi connectivity index (χ1n) is 7.15. The summed E-state index contributed by atoms with van der Waals surface area (Å²) in [5, 5.41) is 7.24. The number of nitrogens with one attached hydrogen (secondary N) is 1. The number of amides is 1. The van der Waals surface area contributed by atoms with Gasteiger partial charge in [-0.1, -0.05) is 35.0 Å². The number of halogens is 1. The van der Waals surface area contributed by atoms with Crippen molar-refractivity contribution < 1.29 is 14.1 Å². The fraction of sp³-hybridized carbons (Fsp3) is 0.118. The molecule has 0 aliphatic rings. The standard InChI is InChI=1S/C17H14ClN3O3/c1-23-10-15(22)19-12-6-4-5-11(9-12)17-20-16(21-24-17)13-7-2-3-8-14(13)18/h2-9H,10H2,1H3,(H,19,22). The molecule has 0 aliphatic carbocycles. The summed E-state index contributed by atoms with van der Waals surface area (Å²) in [5.41, 5.74) is 2.00. The molecule has 0 bridgehead atoms. The monoisotopic (exact) mass is 343 g/mol. The molecule has 24 heavy (non-hydrogen) atoms. The third-order valence-corrected chi connectivity index (χ3v) is 3.54. The Bertz CT molecular complexity index is 864. The van der Waals surface area contributed by atoms with Gasteiger partial charge in [0, 0.05) is 23.9 Å². The van der Waals surface area contributed by atoms with Gasteiger partial charge in [0.2, 0.25) is 11.7 Å². The summed E-state index contributed by atoms with van der Waals surface area (Å²) in [5.74, 6) is 0.508. The smallest absolute Gasteiger partial charge is 0.258 e. The quantitative estimate of drug-likeness (QED) is 0.765. The van der Waals surface area contributed by atoms with Crippen molar-refractivity contribution in [1.82, 2.24) is 10.1 Å². The van der Waals surface area contributed by atoms with Crippen molar-refractivity contribution in [3.63, 3.8) is 0 Å². The number of aromatic nitrogens is 2. The molecule has 3 aromatic rings. The number of carbonyl (C=O) groups excluding carboxylic acids is 1. The molecule has 0 unspecified atom stereocenters. The molecule has 0 radical (unpaired) electrons. The fourth-order valence-electron chi connectivity index (χ4n) is 2.15. The van der Waals surface area contributed by atoms with E-state index in [0.29, 0.717) is 33.6 Å². The van der Waals surface area contributed by atoms with Gasteiger partial charge in [-0.2, -0.15) is 4.98 Å². The molecule has 0 aliphatic heterocycles. The zero-order valence-corrected chi connectivity index (χ0v) is 13.6. The normalized spacial score (nSPS) is 10.6. The van der Waals surface area contributed by atoms with Gasteiger partial charge in [0.15, 0.2) is 0 Å². The highest BCUT2D eigenvalue weighted by Gasteiger charge is 2.13. The van der Waals surface area contributed by atoms with Crippen LogP contribution in [0.2, 0.25) is 5.02 Å². The zero-order chi connectivity index (χ0) is 16.9. The molecule has 1 heterocycles. The molecule has 0 atom stereocenters. The Morgan fingerprint density at radius 3 is 2.88 bits per heavy atom. The molecule has 1 amide bonds. The summed E-state index contributed by atoms with van der Waals surface area (Å²) in [4.78, 5) is 16.0. The molecule has 6 nitrogen and oxygen atoms in total. The predicted octanol–water partition coefficient (Wildman–Crippen LogP) is 3.64. The molecule has 0 saturated heterocycles. The molecule has 1 aromatic heterocycles. The van der Waals surface area contributed by atoms with Crippen LogP contribution >= 0.6 is 11.6 Å². The summed E-state index contributed by atoms with van der Waals surface area (Å²) >= 11 is 6.15. The molecule has 0 saturated carbocycles. The van der Waals surface area contributed by atoms with Crippen LogP contribution in [-0.2, 0) is 9.53 Å². The second-order valence-corrected chi connectivity index (χ2v) is 5.37. The lowest BCUT2D eigenvalue weighted by Crippen LogP contribution is -2.16. The van der Waals surface area contributed by atoms with Crippen LogP contribution in [0.25, 0.3) is 22.8 Å². The third kappa shape index (κ3) is 3.61. The van der Waals surface area contributed by atoms with Gasteiger partial charge in [0.1, 0.15) is 6.61 Å². The van der Waals surface area contributed by atoms with Gasteiger partial charge in [-0.25, -0.2) is 0 Å². The Hall–Kier alpha value is -2.70. The second-order valence-electron chi connectivity index (χ2n) is 4.96.